The van der Waals surface area contributed by atoms with Crippen LogP contribution in [0.1, 0.15) is 104 Å². The third-order valence-corrected chi connectivity index (χ3v) is 7.97. The predicted molar refractivity (Wildman–Crippen MR) is 166 cm³/mol. The quantitative estimate of drug-likeness (QED) is 0.280. The molecule has 0 saturated heterocycles. The summed E-state index contributed by atoms with van der Waals surface area (Å²) in [5.41, 5.74) is 14.1. The molecule has 0 unspecified atom stereocenters. The molecule has 0 atom stereocenters. The summed E-state index contributed by atoms with van der Waals surface area (Å²) < 4.78 is 5.98. The molecular weight excluding hydrogens is 562 g/mol. The monoisotopic (exact) mass is 602 g/mol. The maximum atomic E-state index is 12.2. The van der Waals surface area contributed by atoms with E-state index in [1.165, 1.54) is 22.3 Å². The molecule has 0 bridgehead atoms. The summed E-state index contributed by atoms with van der Waals surface area (Å²) >= 11 is 0. The molecule has 1 aromatic heterocycles. The van der Waals surface area contributed by atoms with Crippen LogP contribution >= 0.6 is 0 Å². The number of hydrogen-bond acceptors (Lipinski definition) is 4. The standard InChI is InChI=1S/C34H43N4O2.Zn/c1-11-23-19(7)27(15-31-25(13-3)21(9)33(39)37-31)35-29(23)17-30-24(12-2)20(8)28(36-30)16-32-26(14-4)22(10)34(38-32)40-18(5)6;/h15-18H,11-14H2,1-10H3,(H-,35,36,37,38,39);/q-1;+2/p-1. The van der Waals surface area contributed by atoms with Crippen LogP contribution in [0.25, 0.3) is 17.5 Å². The molecule has 0 aromatic carbocycles. The number of carbonyl (C=O) groups is 1. The SMILES string of the molecule is CCC1=C(C)C(/C=C2\[N-]C(=O)C(C)=C2CC)=NC1=Cc1[n-]c(/C=C2\N=C(OC(C)C)C(C)=C2CC)c(C)c1CC.[Zn+2]. The Hall–Kier alpha value is -3.05. The van der Waals surface area contributed by atoms with Gasteiger partial charge in [0, 0.05) is 5.57 Å². The molecule has 0 fully saturated rings. The van der Waals surface area contributed by atoms with Crippen LogP contribution in [0.3, 0.4) is 0 Å². The fourth-order valence-electron chi connectivity index (χ4n) is 5.69. The Balaban J connectivity index is 0.00000462. The van der Waals surface area contributed by atoms with Crippen LogP contribution in [-0.4, -0.2) is 23.6 Å². The van der Waals surface area contributed by atoms with Gasteiger partial charge in [0.2, 0.25) is 5.90 Å². The summed E-state index contributed by atoms with van der Waals surface area (Å²) in [4.78, 5) is 27.2. The van der Waals surface area contributed by atoms with E-state index in [-0.39, 0.29) is 31.5 Å². The third-order valence-electron chi connectivity index (χ3n) is 7.97. The summed E-state index contributed by atoms with van der Waals surface area (Å²) in [6.45, 7) is 20.8. The van der Waals surface area contributed by atoms with Crippen molar-refractivity contribution < 1.29 is 29.0 Å². The van der Waals surface area contributed by atoms with Crippen LogP contribution in [0.5, 0.6) is 0 Å². The summed E-state index contributed by atoms with van der Waals surface area (Å²) in [5, 5.41) is 4.29. The Bertz CT molecular complexity index is 1500. The van der Waals surface area contributed by atoms with E-state index in [2.05, 4.69) is 65.9 Å². The molecule has 6 nitrogen and oxygen atoms in total. The van der Waals surface area contributed by atoms with Crippen molar-refractivity contribution in [2.24, 2.45) is 9.98 Å². The Morgan fingerprint density at radius 3 is 1.93 bits per heavy atom. The van der Waals surface area contributed by atoms with Crippen LogP contribution in [0.4, 0.5) is 0 Å². The number of amides is 1. The maximum Gasteiger partial charge on any atom is 2.00 e. The molecule has 0 saturated carbocycles. The number of allylic oxidation sites excluding steroid dienone is 5. The molecule has 7 heteroatoms. The first-order chi connectivity index (χ1) is 19.0. The first-order valence-electron chi connectivity index (χ1n) is 14.6. The van der Waals surface area contributed by atoms with Crippen molar-refractivity contribution >= 4 is 29.7 Å². The van der Waals surface area contributed by atoms with Crippen molar-refractivity contribution in [3.8, 4) is 0 Å². The fourth-order valence-corrected chi connectivity index (χ4v) is 5.69. The Labute approximate surface area is 258 Å². The molecule has 4 heterocycles. The van der Waals surface area contributed by atoms with Crippen LogP contribution < -0.4 is 4.98 Å². The van der Waals surface area contributed by atoms with Crippen LogP contribution in [0, 0.1) is 6.92 Å². The number of rotatable bonds is 8. The van der Waals surface area contributed by atoms with Crippen molar-refractivity contribution in [1.82, 2.24) is 4.98 Å². The second-order valence-corrected chi connectivity index (χ2v) is 10.8. The summed E-state index contributed by atoms with van der Waals surface area (Å²) in [6, 6.07) is 0. The van der Waals surface area contributed by atoms with Gasteiger partial charge in [-0.3, -0.25) is 0 Å². The first kappa shape index (κ1) is 32.5. The van der Waals surface area contributed by atoms with Gasteiger partial charge in [0.15, 0.2) is 0 Å². The van der Waals surface area contributed by atoms with Gasteiger partial charge >= 0.3 is 19.5 Å². The molecule has 0 spiro atoms. The zero-order valence-corrected chi connectivity index (χ0v) is 29.4. The summed E-state index contributed by atoms with van der Waals surface area (Å²) in [6.07, 6.45) is 9.64. The van der Waals surface area contributed by atoms with Crippen LogP contribution in [0.2, 0.25) is 0 Å². The topological polar surface area (TPSA) is 79.2 Å². The predicted octanol–water partition coefficient (Wildman–Crippen LogP) is 8.46. The fraction of sp³-hybridized carbons (Fsp3) is 0.441. The van der Waals surface area contributed by atoms with Crippen molar-refractivity contribution in [2.75, 3.05) is 0 Å². The number of nitrogens with zero attached hydrogens (tertiary/aromatic N) is 4. The average molecular weight is 604 g/mol. The van der Waals surface area contributed by atoms with Gasteiger partial charge in [-0.25, -0.2) is 9.98 Å². The van der Waals surface area contributed by atoms with Gasteiger partial charge in [-0.05, 0) is 89.5 Å². The zero-order chi connectivity index (χ0) is 29.3. The van der Waals surface area contributed by atoms with Crippen LogP contribution in [-0.2, 0) is 35.4 Å². The van der Waals surface area contributed by atoms with Crippen LogP contribution in [0.15, 0.2) is 66.6 Å². The Morgan fingerprint density at radius 1 is 0.756 bits per heavy atom. The van der Waals surface area contributed by atoms with Gasteiger partial charge < -0.3 is 19.8 Å². The molecular formula is C34H42N4O2Zn. The minimum atomic E-state index is -0.147. The van der Waals surface area contributed by atoms with E-state index in [0.29, 0.717) is 5.90 Å². The number of ether oxygens (including phenoxy) is 1. The third kappa shape index (κ3) is 6.26. The number of aromatic nitrogens is 1. The molecule has 3 aliphatic heterocycles. The Morgan fingerprint density at radius 2 is 1.34 bits per heavy atom. The number of hydrogen-bond donors (Lipinski definition) is 0. The second-order valence-electron chi connectivity index (χ2n) is 10.8. The Kier molecular flexibility index (Phi) is 10.5. The van der Waals surface area contributed by atoms with E-state index in [1.54, 1.807) is 0 Å². The van der Waals surface area contributed by atoms with Crippen molar-refractivity contribution in [3.05, 3.63) is 84.4 Å². The molecule has 1 aromatic rings. The van der Waals surface area contributed by atoms with Crippen molar-refractivity contribution in [1.29, 1.82) is 0 Å². The molecule has 41 heavy (non-hydrogen) atoms. The zero-order valence-electron chi connectivity index (χ0n) is 26.5. The molecule has 1 amide bonds. The van der Waals surface area contributed by atoms with Gasteiger partial charge in [-0.2, -0.15) is 0 Å². The second kappa shape index (κ2) is 13.3. The summed E-state index contributed by atoms with van der Waals surface area (Å²) in [5.74, 6) is 0.564. The normalized spacial score (nSPS) is 20.3. The molecule has 4 rings (SSSR count). The van der Waals surface area contributed by atoms with Gasteiger partial charge in [0.1, 0.15) is 0 Å². The maximum absolute atomic E-state index is 12.2. The number of aliphatic imine (C=N–C) groups is 2. The molecule has 3 aliphatic rings. The van der Waals surface area contributed by atoms with E-state index in [4.69, 9.17) is 19.7 Å². The van der Waals surface area contributed by atoms with E-state index in [0.717, 1.165) is 82.2 Å². The van der Waals surface area contributed by atoms with Gasteiger partial charge in [0.05, 0.1) is 29.1 Å². The van der Waals surface area contributed by atoms with Crippen molar-refractivity contribution in [3.63, 3.8) is 0 Å². The molecule has 0 radical (unpaired) electrons. The molecule has 212 valence electrons. The minimum absolute atomic E-state index is 0. The number of carbonyl (C=O) groups excluding carboxylic acids is 1. The molecule has 0 N–H and O–H groups in total. The minimum Gasteiger partial charge on any atom is -0.657 e. The largest absolute Gasteiger partial charge is 2.00 e. The van der Waals surface area contributed by atoms with E-state index >= 15 is 0 Å². The smallest absolute Gasteiger partial charge is 0.657 e. The van der Waals surface area contributed by atoms with E-state index in [1.807, 2.05) is 26.8 Å². The first-order valence-corrected chi connectivity index (χ1v) is 14.6. The van der Waals surface area contributed by atoms with Gasteiger partial charge in [-0.1, -0.05) is 62.6 Å². The average Bonchev–Trinajstić information content (AvgIpc) is 3.56. The van der Waals surface area contributed by atoms with Gasteiger partial charge in [-0.15, -0.1) is 17.1 Å². The van der Waals surface area contributed by atoms with Crippen molar-refractivity contribution in [2.45, 2.75) is 101 Å². The van der Waals surface area contributed by atoms with Gasteiger partial charge in [0.25, 0.3) is 0 Å². The van der Waals surface area contributed by atoms with E-state index in [9.17, 15) is 4.79 Å². The summed E-state index contributed by atoms with van der Waals surface area (Å²) in [7, 11) is 0. The van der Waals surface area contributed by atoms with E-state index < -0.39 is 0 Å². The molecule has 0 aliphatic carbocycles.